The first-order chi connectivity index (χ1) is 8.33. The zero-order chi connectivity index (χ0) is 12.1. The minimum absolute atomic E-state index is 0.568. The van der Waals surface area contributed by atoms with Crippen LogP contribution in [0.2, 0.25) is 0 Å². The number of hydrogen-bond donors (Lipinski definition) is 1. The molecule has 1 aliphatic rings. The molecule has 1 saturated heterocycles. The molecule has 0 saturated carbocycles. The minimum Gasteiger partial charge on any atom is -0.329 e. The summed E-state index contributed by atoms with van der Waals surface area (Å²) in [5.74, 6) is 0. The first kappa shape index (κ1) is 12.6. The molecule has 17 heavy (non-hydrogen) atoms. The number of likely N-dealkylation sites (tertiary alicyclic amines) is 1. The van der Waals surface area contributed by atoms with E-state index in [2.05, 4.69) is 23.1 Å². The van der Waals surface area contributed by atoms with Crippen LogP contribution in [0.1, 0.15) is 38.2 Å². The van der Waals surface area contributed by atoms with Crippen LogP contribution in [0.4, 0.5) is 0 Å². The lowest BCUT2D eigenvalue weighted by Gasteiger charge is -2.34. The summed E-state index contributed by atoms with van der Waals surface area (Å²) in [6.45, 7) is 6.16. The molecule has 4 nitrogen and oxygen atoms in total. The third-order valence-corrected chi connectivity index (χ3v) is 3.55. The van der Waals surface area contributed by atoms with Gasteiger partial charge in [0.25, 0.3) is 0 Å². The van der Waals surface area contributed by atoms with Crippen LogP contribution in [0.15, 0.2) is 12.4 Å². The van der Waals surface area contributed by atoms with Crippen LogP contribution in [-0.2, 0) is 13.1 Å². The van der Waals surface area contributed by atoms with E-state index < -0.39 is 0 Å². The Hall–Kier alpha value is -0.870. The molecule has 1 aromatic rings. The monoisotopic (exact) mass is 236 g/mol. The SMILES string of the molecule is CCCn1cc(CN2CCCCC2CN)cn1. The molecule has 0 amide bonds. The maximum Gasteiger partial charge on any atom is 0.0534 e. The van der Waals surface area contributed by atoms with Gasteiger partial charge in [0.1, 0.15) is 0 Å². The van der Waals surface area contributed by atoms with Crippen molar-refractivity contribution in [2.75, 3.05) is 13.1 Å². The molecule has 4 heteroatoms. The minimum atomic E-state index is 0.568. The molecular weight excluding hydrogens is 212 g/mol. The number of aryl methyl sites for hydroxylation is 1. The third-order valence-electron chi connectivity index (χ3n) is 3.55. The summed E-state index contributed by atoms with van der Waals surface area (Å²) in [5.41, 5.74) is 7.16. The van der Waals surface area contributed by atoms with Crippen molar-refractivity contribution in [3.63, 3.8) is 0 Å². The van der Waals surface area contributed by atoms with Gasteiger partial charge < -0.3 is 5.73 Å². The van der Waals surface area contributed by atoms with Gasteiger partial charge in [0.2, 0.25) is 0 Å². The maximum absolute atomic E-state index is 5.84. The van der Waals surface area contributed by atoms with Gasteiger partial charge in [-0.2, -0.15) is 5.10 Å². The van der Waals surface area contributed by atoms with Crippen LogP contribution in [0, 0.1) is 0 Å². The molecule has 0 aliphatic carbocycles. The van der Waals surface area contributed by atoms with E-state index in [1.807, 2.05) is 10.9 Å². The number of piperidine rings is 1. The van der Waals surface area contributed by atoms with Crippen molar-refractivity contribution in [1.29, 1.82) is 0 Å². The van der Waals surface area contributed by atoms with Crippen LogP contribution < -0.4 is 5.73 Å². The van der Waals surface area contributed by atoms with Gasteiger partial charge in [0.15, 0.2) is 0 Å². The summed E-state index contributed by atoms with van der Waals surface area (Å²) in [6.07, 6.45) is 9.19. The van der Waals surface area contributed by atoms with Crippen molar-refractivity contribution in [2.45, 2.75) is 51.7 Å². The van der Waals surface area contributed by atoms with Gasteiger partial charge in [-0.25, -0.2) is 0 Å². The summed E-state index contributed by atoms with van der Waals surface area (Å²) >= 11 is 0. The van der Waals surface area contributed by atoms with Crippen molar-refractivity contribution >= 4 is 0 Å². The van der Waals surface area contributed by atoms with Gasteiger partial charge in [-0.1, -0.05) is 13.3 Å². The molecule has 2 N–H and O–H groups in total. The number of aromatic nitrogens is 2. The number of rotatable bonds is 5. The lowest BCUT2D eigenvalue weighted by Crippen LogP contribution is -2.43. The molecule has 0 aromatic carbocycles. The van der Waals surface area contributed by atoms with Gasteiger partial charge in [-0.05, 0) is 25.8 Å². The summed E-state index contributed by atoms with van der Waals surface area (Å²) in [5, 5.41) is 4.38. The molecule has 1 unspecified atom stereocenters. The quantitative estimate of drug-likeness (QED) is 0.845. The highest BCUT2D eigenvalue weighted by Crippen LogP contribution is 2.18. The molecule has 2 rings (SSSR count). The molecule has 1 fully saturated rings. The second kappa shape index (κ2) is 6.17. The second-order valence-corrected chi connectivity index (χ2v) is 4.97. The Balaban J connectivity index is 1.93. The molecule has 0 bridgehead atoms. The van der Waals surface area contributed by atoms with Gasteiger partial charge in [0.05, 0.1) is 6.20 Å². The van der Waals surface area contributed by atoms with E-state index in [0.29, 0.717) is 6.04 Å². The fourth-order valence-electron chi connectivity index (χ4n) is 2.61. The summed E-state index contributed by atoms with van der Waals surface area (Å²) in [6, 6.07) is 0.568. The molecule has 0 radical (unpaired) electrons. The highest BCUT2D eigenvalue weighted by atomic mass is 15.3. The summed E-state index contributed by atoms with van der Waals surface area (Å²) in [7, 11) is 0. The fourth-order valence-corrected chi connectivity index (χ4v) is 2.61. The lowest BCUT2D eigenvalue weighted by molar-refractivity contribution is 0.145. The van der Waals surface area contributed by atoms with Gasteiger partial charge >= 0.3 is 0 Å². The topological polar surface area (TPSA) is 47.1 Å². The zero-order valence-electron chi connectivity index (χ0n) is 10.8. The van der Waals surface area contributed by atoms with E-state index >= 15 is 0 Å². The smallest absolute Gasteiger partial charge is 0.0534 e. The molecule has 1 aliphatic heterocycles. The van der Waals surface area contributed by atoms with Gasteiger partial charge in [-0.15, -0.1) is 0 Å². The van der Waals surface area contributed by atoms with Gasteiger partial charge in [-0.3, -0.25) is 9.58 Å². The molecule has 0 spiro atoms. The van der Waals surface area contributed by atoms with Crippen LogP contribution >= 0.6 is 0 Å². The Kier molecular flexibility index (Phi) is 4.57. The molecule has 96 valence electrons. The van der Waals surface area contributed by atoms with Gasteiger partial charge in [0, 0.05) is 37.4 Å². The Labute approximate surface area is 104 Å². The first-order valence-electron chi connectivity index (χ1n) is 6.79. The molecule has 2 heterocycles. The van der Waals surface area contributed by atoms with Crippen molar-refractivity contribution in [3.8, 4) is 0 Å². The molecule has 1 atom stereocenters. The van der Waals surface area contributed by atoms with E-state index in [9.17, 15) is 0 Å². The predicted octanol–water partition coefficient (Wildman–Crippen LogP) is 1.61. The Morgan fingerprint density at radius 1 is 1.47 bits per heavy atom. The van der Waals surface area contributed by atoms with E-state index in [1.54, 1.807) is 0 Å². The van der Waals surface area contributed by atoms with Crippen LogP contribution in [0.3, 0.4) is 0 Å². The number of nitrogens with two attached hydrogens (primary N) is 1. The van der Waals surface area contributed by atoms with Crippen molar-refractivity contribution in [1.82, 2.24) is 14.7 Å². The van der Waals surface area contributed by atoms with Crippen LogP contribution in [0.5, 0.6) is 0 Å². The fraction of sp³-hybridized carbons (Fsp3) is 0.769. The highest BCUT2D eigenvalue weighted by Gasteiger charge is 2.21. The number of nitrogens with zero attached hydrogens (tertiary/aromatic N) is 3. The normalized spacial score (nSPS) is 21.9. The molecular formula is C13H24N4. The van der Waals surface area contributed by atoms with E-state index in [4.69, 9.17) is 5.73 Å². The molecule has 1 aromatic heterocycles. The largest absolute Gasteiger partial charge is 0.329 e. The Bertz CT molecular complexity index is 334. The first-order valence-corrected chi connectivity index (χ1v) is 6.79. The van der Waals surface area contributed by atoms with Crippen LogP contribution in [-0.4, -0.2) is 33.8 Å². The number of hydrogen-bond acceptors (Lipinski definition) is 3. The van der Waals surface area contributed by atoms with Crippen molar-refractivity contribution in [2.24, 2.45) is 5.73 Å². The average molecular weight is 236 g/mol. The van der Waals surface area contributed by atoms with Crippen LogP contribution in [0.25, 0.3) is 0 Å². The lowest BCUT2D eigenvalue weighted by atomic mass is 10.0. The third kappa shape index (κ3) is 3.30. The summed E-state index contributed by atoms with van der Waals surface area (Å²) < 4.78 is 2.04. The van der Waals surface area contributed by atoms with E-state index in [-0.39, 0.29) is 0 Å². The standard InChI is InChI=1S/C13H24N4/c1-2-6-17-11-12(9-15-17)10-16-7-4-3-5-13(16)8-14/h9,11,13H,2-8,10,14H2,1H3. The predicted molar refractivity (Wildman–Crippen MR) is 69.6 cm³/mol. The Morgan fingerprint density at radius 3 is 3.12 bits per heavy atom. The van der Waals surface area contributed by atoms with E-state index in [0.717, 1.165) is 26.1 Å². The van der Waals surface area contributed by atoms with Crippen molar-refractivity contribution in [3.05, 3.63) is 18.0 Å². The second-order valence-electron chi connectivity index (χ2n) is 4.97. The van der Waals surface area contributed by atoms with E-state index in [1.165, 1.54) is 31.4 Å². The average Bonchev–Trinajstić information content (AvgIpc) is 2.78. The maximum atomic E-state index is 5.84. The highest BCUT2D eigenvalue weighted by molar-refractivity contribution is 5.04. The summed E-state index contributed by atoms with van der Waals surface area (Å²) in [4.78, 5) is 2.51. The Morgan fingerprint density at radius 2 is 2.35 bits per heavy atom. The zero-order valence-corrected chi connectivity index (χ0v) is 10.8. The van der Waals surface area contributed by atoms with Crippen molar-refractivity contribution < 1.29 is 0 Å².